The number of fused-ring (bicyclic) bond motifs is 1. The summed E-state index contributed by atoms with van der Waals surface area (Å²) >= 11 is 1.68. The van der Waals surface area contributed by atoms with Gasteiger partial charge in [-0.2, -0.15) is 4.98 Å². The first kappa shape index (κ1) is 18.6. The van der Waals surface area contributed by atoms with Crippen molar-refractivity contribution < 1.29 is 9.53 Å². The number of thiophene rings is 1. The number of hydrogen-bond acceptors (Lipinski definition) is 7. The van der Waals surface area contributed by atoms with Crippen LogP contribution in [0.15, 0.2) is 17.5 Å². The zero-order valence-electron chi connectivity index (χ0n) is 15.7. The topological polar surface area (TPSA) is 70.6 Å². The molecule has 1 aliphatic rings. The van der Waals surface area contributed by atoms with E-state index in [9.17, 15) is 4.79 Å². The molecule has 0 aliphatic carbocycles. The number of anilines is 2. The molecule has 1 atom stereocenters. The Morgan fingerprint density at radius 3 is 2.88 bits per heavy atom. The zero-order chi connectivity index (χ0) is 18.7. The summed E-state index contributed by atoms with van der Waals surface area (Å²) in [4.78, 5) is 26.0. The number of ether oxygens (including phenoxy) is 1. The van der Waals surface area contributed by atoms with Gasteiger partial charge >= 0.3 is 0 Å². The maximum atomic E-state index is 11.7. The lowest BCUT2D eigenvalue weighted by atomic mass is 10.1. The van der Waals surface area contributed by atoms with Crippen LogP contribution in [0.3, 0.4) is 0 Å². The molecule has 8 heteroatoms. The summed E-state index contributed by atoms with van der Waals surface area (Å²) in [6, 6.07) is 4.10. The Morgan fingerprint density at radius 1 is 1.46 bits per heavy atom. The molecule has 0 bridgehead atoms. The van der Waals surface area contributed by atoms with Crippen LogP contribution in [0.1, 0.15) is 29.2 Å². The van der Waals surface area contributed by atoms with E-state index in [2.05, 4.69) is 16.4 Å². The fraction of sp³-hybridized carbons (Fsp3) is 0.500. The quantitative estimate of drug-likeness (QED) is 0.835. The van der Waals surface area contributed by atoms with Gasteiger partial charge in [0.25, 0.3) is 0 Å². The lowest BCUT2D eigenvalue weighted by Gasteiger charge is -2.29. The van der Waals surface area contributed by atoms with Crippen molar-refractivity contribution in [2.45, 2.75) is 26.0 Å². The van der Waals surface area contributed by atoms with Crippen molar-refractivity contribution in [3.05, 3.63) is 33.6 Å². The summed E-state index contributed by atoms with van der Waals surface area (Å²) in [6.45, 7) is 3.45. The maximum Gasteiger partial charge on any atom is 0.227 e. The second-order valence-electron chi connectivity index (χ2n) is 6.50. The Bertz CT molecular complexity index is 763. The third-order valence-corrected chi connectivity index (χ3v) is 5.46. The number of carbonyl (C=O) groups is 1. The maximum absolute atomic E-state index is 11.7. The normalized spacial score (nSPS) is 14.7. The molecule has 1 unspecified atom stereocenters. The van der Waals surface area contributed by atoms with Crippen LogP contribution in [0.25, 0.3) is 0 Å². The molecule has 0 aromatic carbocycles. The van der Waals surface area contributed by atoms with E-state index in [1.54, 1.807) is 25.4 Å². The highest BCUT2D eigenvalue weighted by atomic mass is 32.1. The summed E-state index contributed by atoms with van der Waals surface area (Å²) in [7, 11) is 5.55. The van der Waals surface area contributed by atoms with Gasteiger partial charge in [0.2, 0.25) is 11.9 Å². The van der Waals surface area contributed by atoms with Crippen LogP contribution >= 0.6 is 11.3 Å². The van der Waals surface area contributed by atoms with Crippen LogP contribution in [0.5, 0.6) is 0 Å². The number of hydrogen-bond donors (Lipinski definition) is 1. The third kappa shape index (κ3) is 3.96. The largest absolute Gasteiger partial charge is 0.374 e. The Morgan fingerprint density at radius 2 is 2.27 bits per heavy atom. The van der Waals surface area contributed by atoms with Crippen molar-refractivity contribution in [2.75, 3.05) is 44.5 Å². The molecule has 0 saturated heterocycles. The van der Waals surface area contributed by atoms with Gasteiger partial charge in [0.15, 0.2) is 0 Å². The number of nitrogens with one attached hydrogen (secondary N) is 1. The van der Waals surface area contributed by atoms with E-state index in [1.807, 2.05) is 35.3 Å². The smallest absolute Gasteiger partial charge is 0.227 e. The van der Waals surface area contributed by atoms with E-state index in [1.165, 1.54) is 4.88 Å². The monoisotopic (exact) mass is 375 g/mol. The second kappa shape index (κ2) is 8.01. The molecule has 1 amide bonds. The van der Waals surface area contributed by atoms with E-state index in [0.717, 1.165) is 23.5 Å². The van der Waals surface area contributed by atoms with Gasteiger partial charge in [0, 0.05) is 51.7 Å². The molecular formula is C18H25N5O2S. The standard InChI is InChI=1S/C18H25N5O2S/c1-12(24)23-8-7-13-14(11-23)20-18(22(2)3)21-17(13)19-10-15(25-4)16-6-5-9-26-16/h5-6,9,15H,7-8,10-11H2,1-4H3,(H,19,20,21). The minimum Gasteiger partial charge on any atom is -0.374 e. The number of rotatable bonds is 6. The van der Waals surface area contributed by atoms with Gasteiger partial charge < -0.3 is 19.9 Å². The molecule has 3 rings (SSSR count). The van der Waals surface area contributed by atoms with Gasteiger partial charge in [-0.3, -0.25) is 4.79 Å². The molecule has 0 spiro atoms. The molecule has 0 saturated carbocycles. The van der Waals surface area contributed by atoms with Crippen LogP contribution in [0.4, 0.5) is 11.8 Å². The molecule has 1 aliphatic heterocycles. The van der Waals surface area contributed by atoms with Gasteiger partial charge in [-0.05, 0) is 17.9 Å². The van der Waals surface area contributed by atoms with Crippen molar-refractivity contribution in [3.63, 3.8) is 0 Å². The van der Waals surface area contributed by atoms with Gasteiger partial charge in [-0.25, -0.2) is 4.98 Å². The molecule has 140 valence electrons. The van der Waals surface area contributed by atoms with Gasteiger partial charge in [0.1, 0.15) is 11.9 Å². The minimum atomic E-state index is -0.0271. The molecule has 2 aromatic heterocycles. The molecule has 0 radical (unpaired) electrons. The van der Waals surface area contributed by atoms with E-state index < -0.39 is 0 Å². The van der Waals surface area contributed by atoms with Gasteiger partial charge in [-0.1, -0.05) is 6.07 Å². The SMILES string of the molecule is COC(CNc1nc(N(C)C)nc2c1CCN(C(C)=O)C2)c1cccs1. The average molecular weight is 375 g/mol. The van der Waals surface area contributed by atoms with E-state index in [-0.39, 0.29) is 12.0 Å². The van der Waals surface area contributed by atoms with Crippen molar-refractivity contribution >= 4 is 29.0 Å². The number of carbonyl (C=O) groups excluding carboxylic acids is 1. The Kier molecular flexibility index (Phi) is 5.73. The summed E-state index contributed by atoms with van der Waals surface area (Å²) in [6.07, 6.45) is 0.724. The minimum absolute atomic E-state index is 0.0271. The Labute approximate surface area is 158 Å². The van der Waals surface area contributed by atoms with Crippen molar-refractivity contribution in [3.8, 4) is 0 Å². The van der Waals surface area contributed by atoms with Crippen LogP contribution in [-0.4, -0.2) is 55.1 Å². The predicted molar refractivity (Wildman–Crippen MR) is 104 cm³/mol. The first-order chi connectivity index (χ1) is 12.5. The zero-order valence-corrected chi connectivity index (χ0v) is 16.5. The third-order valence-electron chi connectivity index (χ3n) is 4.50. The highest BCUT2D eigenvalue weighted by Gasteiger charge is 2.24. The summed E-state index contributed by atoms with van der Waals surface area (Å²) in [5.41, 5.74) is 2.01. The van der Waals surface area contributed by atoms with Crippen molar-refractivity contribution in [1.29, 1.82) is 0 Å². The Balaban J connectivity index is 1.85. The average Bonchev–Trinajstić information content (AvgIpc) is 3.15. The van der Waals surface area contributed by atoms with Crippen molar-refractivity contribution in [1.82, 2.24) is 14.9 Å². The number of methoxy groups -OCH3 is 1. The molecule has 3 heterocycles. The molecule has 7 nitrogen and oxygen atoms in total. The van der Waals surface area contributed by atoms with Gasteiger partial charge in [0.05, 0.1) is 12.2 Å². The fourth-order valence-corrected chi connectivity index (χ4v) is 3.80. The molecular weight excluding hydrogens is 350 g/mol. The van der Waals surface area contributed by atoms with E-state index in [4.69, 9.17) is 9.72 Å². The number of amides is 1. The summed E-state index contributed by atoms with van der Waals surface area (Å²) in [5, 5.41) is 5.50. The first-order valence-electron chi connectivity index (χ1n) is 8.62. The second-order valence-corrected chi connectivity index (χ2v) is 7.48. The number of aromatic nitrogens is 2. The highest BCUT2D eigenvalue weighted by Crippen LogP contribution is 2.28. The van der Waals surface area contributed by atoms with Crippen molar-refractivity contribution in [2.24, 2.45) is 0 Å². The van der Waals surface area contributed by atoms with Gasteiger partial charge in [-0.15, -0.1) is 11.3 Å². The number of nitrogens with zero attached hydrogens (tertiary/aromatic N) is 4. The molecule has 1 N–H and O–H groups in total. The lowest BCUT2D eigenvalue weighted by molar-refractivity contribution is -0.129. The predicted octanol–water partition coefficient (Wildman–Crippen LogP) is 2.31. The van der Waals surface area contributed by atoms with Crippen LogP contribution in [0, 0.1) is 0 Å². The molecule has 2 aromatic rings. The molecule has 26 heavy (non-hydrogen) atoms. The first-order valence-corrected chi connectivity index (χ1v) is 9.50. The summed E-state index contributed by atoms with van der Waals surface area (Å²) < 4.78 is 5.63. The highest BCUT2D eigenvalue weighted by molar-refractivity contribution is 7.10. The molecule has 0 fully saturated rings. The summed E-state index contributed by atoms with van der Waals surface area (Å²) in [5.74, 6) is 1.55. The Hall–Kier alpha value is -2.19. The fourth-order valence-electron chi connectivity index (χ4n) is 3.00. The lowest BCUT2D eigenvalue weighted by Crippen LogP contribution is -2.36. The van der Waals surface area contributed by atoms with E-state index >= 15 is 0 Å². The van der Waals surface area contributed by atoms with Crippen LogP contribution < -0.4 is 10.2 Å². The van der Waals surface area contributed by atoms with E-state index in [0.29, 0.717) is 25.6 Å². The van der Waals surface area contributed by atoms with Crippen LogP contribution in [0.2, 0.25) is 0 Å². The van der Waals surface area contributed by atoms with Crippen LogP contribution in [-0.2, 0) is 22.5 Å².